The number of amides is 2. The first-order valence-electron chi connectivity index (χ1n) is 8.03. The Kier molecular flexibility index (Phi) is 5.26. The Labute approximate surface area is 140 Å². The minimum Gasteiger partial charge on any atom is -0.443 e. The normalized spacial score (nSPS) is 21.9. The number of carbonyl (C=O) groups is 2. The van der Waals surface area contributed by atoms with E-state index < -0.39 is 29.4 Å². The van der Waals surface area contributed by atoms with Gasteiger partial charge in [0.2, 0.25) is 5.91 Å². The first kappa shape index (κ1) is 18.4. The molecule has 1 aromatic rings. The van der Waals surface area contributed by atoms with E-state index in [1.807, 2.05) is 0 Å². The van der Waals surface area contributed by atoms with Crippen molar-refractivity contribution >= 4 is 12.0 Å². The third-order valence-electron chi connectivity index (χ3n) is 4.07. The maximum Gasteiger partial charge on any atom is 0.417 e. The summed E-state index contributed by atoms with van der Waals surface area (Å²) in [4.78, 5) is 25.8. The van der Waals surface area contributed by atoms with E-state index >= 15 is 0 Å². The molecular formula is C18H23F2NO3. The largest absolute Gasteiger partial charge is 0.443 e. The van der Waals surface area contributed by atoms with Crippen LogP contribution in [0, 0.1) is 5.41 Å². The van der Waals surface area contributed by atoms with Crippen LogP contribution in [-0.4, -0.2) is 35.5 Å². The van der Waals surface area contributed by atoms with Crippen molar-refractivity contribution in [1.82, 2.24) is 4.90 Å². The zero-order valence-electron chi connectivity index (χ0n) is 14.2. The van der Waals surface area contributed by atoms with Gasteiger partial charge in [0.1, 0.15) is 11.0 Å². The number of halogens is 2. The molecule has 0 radical (unpaired) electrons. The number of nitrogens with zero attached hydrogens (tertiary/aromatic N) is 1. The van der Waals surface area contributed by atoms with E-state index in [2.05, 4.69) is 0 Å². The molecule has 1 heterocycles. The smallest absolute Gasteiger partial charge is 0.417 e. The summed E-state index contributed by atoms with van der Waals surface area (Å²) in [7, 11) is 0. The van der Waals surface area contributed by atoms with Crippen molar-refractivity contribution in [1.29, 1.82) is 0 Å². The Morgan fingerprint density at radius 2 is 1.92 bits per heavy atom. The minimum absolute atomic E-state index is 0.0533. The van der Waals surface area contributed by atoms with Crippen LogP contribution in [0.3, 0.4) is 0 Å². The molecule has 1 fully saturated rings. The third kappa shape index (κ3) is 3.91. The lowest BCUT2D eigenvalue weighted by Crippen LogP contribution is -2.56. The first-order chi connectivity index (χ1) is 11.2. The van der Waals surface area contributed by atoms with E-state index in [9.17, 15) is 18.4 Å². The Morgan fingerprint density at radius 3 is 2.46 bits per heavy atom. The van der Waals surface area contributed by atoms with Crippen molar-refractivity contribution in [2.24, 2.45) is 5.41 Å². The van der Waals surface area contributed by atoms with Crippen LogP contribution >= 0.6 is 0 Å². The van der Waals surface area contributed by atoms with Crippen LogP contribution in [0.2, 0.25) is 0 Å². The number of carbonyl (C=O) groups excluding carboxylic acids is 2. The molecule has 0 bridgehead atoms. The van der Waals surface area contributed by atoms with E-state index in [4.69, 9.17) is 4.74 Å². The molecule has 0 aromatic heterocycles. The molecule has 1 atom stereocenters. The highest BCUT2D eigenvalue weighted by molar-refractivity contribution is 5.96. The Morgan fingerprint density at radius 1 is 1.29 bits per heavy atom. The predicted octanol–water partition coefficient (Wildman–Crippen LogP) is 4.04. The van der Waals surface area contributed by atoms with Crippen molar-refractivity contribution < 1.29 is 23.1 Å². The van der Waals surface area contributed by atoms with Crippen molar-refractivity contribution in [3.63, 3.8) is 0 Å². The molecule has 0 saturated carbocycles. The first-order valence-corrected chi connectivity index (χ1v) is 8.03. The molecule has 132 valence electrons. The molecular weight excluding hydrogens is 316 g/mol. The van der Waals surface area contributed by atoms with Gasteiger partial charge in [-0.3, -0.25) is 4.79 Å². The molecule has 1 unspecified atom stereocenters. The van der Waals surface area contributed by atoms with Gasteiger partial charge in [0.15, 0.2) is 0 Å². The maximum absolute atomic E-state index is 13.9. The van der Waals surface area contributed by atoms with Crippen LogP contribution in [0.4, 0.5) is 13.6 Å². The number of imide groups is 1. The highest BCUT2D eigenvalue weighted by atomic mass is 19.3. The molecule has 24 heavy (non-hydrogen) atoms. The van der Waals surface area contributed by atoms with E-state index in [1.54, 1.807) is 51.1 Å². The summed E-state index contributed by atoms with van der Waals surface area (Å²) in [6, 6.07) is 8.70. The average Bonchev–Trinajstić information content (AvgIpc) is 2.48. The fraction of sp³-hybridized carbons (Fsp3) is 0.556. The lowest BCUT2D eigenvalue weighted by atomic mass is 9.74. The summed E-state index contributed by atoms with van der Waals surface area (Å²) in [5.74, 6) is -0.846. The second kappa shape index (κ2) is 6.87. The number of benzene rings is 1. The van der Waals surface area contributed by atoms with Gasteiger partial charge in [-0.2, -0.15) is 0 Å². The fourth-order valence-electron chi connectivity index (χ4n) is 2.92. The molecule has 0 N–H and O–H groups in total. The van der Waals surface area contributed by atoms with Gasteiger partial charge >= 0.3 is 6.09 Å². The summed E-state index contributed by atoms with van der Waals surface area (Å²) in [5.41, 5.74) is -2.02. The van der Waals surface area contributed by atoms with Gasteiger partial charge < -0.3 is 4.74 Å². The summed E-state index contributed by atoms with van der Waals surface area (Å²) in [6.07, 6.45) is -3.41. The van der Waals surface area contributed by atoms with Gasteiger partial charge in [-0.15, -0.1) is 0 Å². The molecule has 0 spiro atoms. The highest BCUT2D eigenvalue weighted by Gasteiger charge is 2.53. The SMILES string of the molecule is CC(C)(C)OC(=O)N1CCCC(Cc2ccccc2)(C(F)F)C1=O. The van der Waals surface area contributed by atoms with E-state index in [-0.39, 0.29) is 19.4 Å². The predicted molar refractivity (Wildman–Crippen MR) is 85.8 cm³/mol. The third-order valence-corrected chi connectivity index (χ3v) is 4.07. The van der Waals surface area contributed by atoms with Crippen molar-refractivity contribution in [3.05, 3.63) is 35.9 Å². The lowest BCUT2D eigenvalue weighted by Gasteiger charge is -2.40. The molecule has 2 rings (SSSR count). The van der Waals surface area contributed by atoms with Crippen LogP contribution in [0.1, 0.15) is 39.2 Å². The van der Waals surface area contributed by atoms with Crippen molar-refractivity contribution in [3.8, 4) is 0 Å². The molecule has 1 aliphatic rings. The van der Waals surface area contributed by atoms with Gasteiger partial charge in [-0.1, -0.05) is 30.3 Å². The van der Waals surface area contributed by atoms with Crippen LogP contribution in [0.15, 0.2) is 30.3 Å². The monoisotopic (exact) mass is 339 g/mol. The fourth-order valence-corrected chi connectivity index (χ4v) is 2.92. The molecule has 1 aliphatic heterocycles. The van der Waals surface area contributed by atoms with Crippen LogP contribution in [-0.2, 0) is 16.0 Å². The van der Waals surface area contributed by atoms with Gasteiger partial charge in [-0.25, -0.2) is 18.5 Å². The van der Waals surface area contributed by atoms with Crippen molar-refractivity contribution in [2.45, 2.75) is 52.1 Å². The minimum atomic E-state index is -2.85. The standard InChI is InChI=1S/C18H23F2NO3/c1-17(2,3)24-16(23)21-11-7-10-18(14(19)20,15(21)22)12-13-8-5-4-6-9-13/h4-6,8-9,14H,7,10-12H2,1-3H3. The number of rotatable bonds is 3. The van der Waals surface area contributed by atoms with Crippen LogP contribution in [0.25, 0.3) is 0 Å². The second-order valence-corrected chi connectivity index (χ2v) is 7.16. The van der Waals surface area contributed by atoms with Gasteiger partial charge in [-0.05, 0) is 45.6 Å². The molecule has 0 aliphatic carbocycles. The van der Waals surface area contributed by atoms with Crippen molar-refractivity contribution in [2.75, 3.05) is 6.54 Å². The Hall–Kier alpha value is -1.98. The topological polar surface area (TPSA) is 46.6 Å². The summed E-state index contributed by atoms with van der Waals surface area (Å²) >= 11 is 0. The number of likely N-dealkylation sites (tertiary alicyclic amines) is 1. The zero-order chi connectivity index (χ0) is 18.0. The summed E-state index contributed by atoms with van der Waals surface area (Å²) in [6.45, 7) is 5.12. The molecule has 1 aromatic carbocycles. The number of alkyl halides is 2. The Balaban J connectivity index is 2.28. The Bertz CT molecular complexity index is 598. The number of piperidine rings is 1. The molecule has 2 amide bonds. The zero-order valence-corrected chi connectivity index (χ0v) is 14.2. The number of ether oxygens (including phenoxy) is 1. The van der Waals surface area contributed by atoms with E-state index in [0.717, 1.165) is 4.90 Å². The van der Waals surface area contributed by atoms with Gasteiger partial charge in [0, 0.05) is 6.54 Å². The summed E-state index contributed by atoms with van der Waals surface area (Å²) in [5, 5.41) is 0. The number of hydrogen-bond acceptors (Lipinski definition) is 3. The van der Waals surface area contributed by atoms with E-state index in [0.29, 0.717) is 12.0 Å². The molecule has 6 heteroatoms. The highest BCUT2D eigenvalue weighted by Crippen LogP contribution is 2.40. The average molecular weight is 339 g/mol. The number of hydrogen-bond donors (Lipinski definition) is 0. The summed E-state index contributed by atoms with van der Waals surface area (Å²) < 4.78 is 33.0. The molecule has 4 nitrogen and oxygen atoms in total. The lowest BCUT2D eigenvalue weighted by molar-refractivity contribution is -0.156. The van der Waals surface area contributed by atoms with Gasteiger partial charge in [0.05, 0.1) is 0 Å². The second-order valence-electron chi connectivity index (χ2n) is 7.16. The van der Waals surface area contributed by atoms with Crippen LogP contribution < -0.4 is 0 Å². The molecule has 1 saturated heterocycles. The maximum atomic E-state index is 13.9. The van der Waals surface area contributed by atoms with Crippen LogP contribution in [0.5, 0.6) is 0 Å². The van der Waals surface area contributed by atoms with E-state index in [1.165, 1.54) is 0 Å². The quantitative estimate of drug-likeness (QED) is 0.835. The van der Waals surface area contributed by atoms with Gasteiger partial charge in [0.25, 0.3) is 6.43 Å².